The fourth-order valence-electron chi connectivity index (χ4n) is 3.05. The summed E-state index contributed by atoms with van der Waals surface area (Å²) in [7, 11) is 0. The standard InChI is InChI=1S/C25H24N2O2/c1-2-16-26-24(28)18-21-12-9-15-23(17-21)27(19-20-10-5-3-6-11-20)25(29)22-13-7-4-8-14-22/h2-15,17H,1,16,18-19H2,(H,26,28). The first-order chi connectivity index (χ1) is 14.2. The lowest BCUT2D eigenvalue weighted by Gasteiger charge is -2.24. The van der Waals surface area contributed by atoms with E-state index >= 15 is 0 Å². The van der Waals surface area contributed by atoms with E-state index in [9.17, 15) is 9.59 Å². The molecule has 0 bridgehead atoms. The first-order valence-electron chi connectivity index (χ1n) is 9.55. The van der Waals surface area contributed by atoms with E-state index in [1.54, 1.807) is 11.0 Å². The van der Waals surface area contributed by atoms with Crippen LogP contribution in [0.4, 0.5) is 5.69 Å². The Labute approximate surface area is 171 Å². The lowest BCUT2D eigenvalue weighted by Crippen LogP contribution is -2.30. The monoisotopic (exact) mass is 384 g/mol. The van der Waals surface area contributed by atoms with Crippen LogP contribution in [0.15, 0.2) is 97.6 Å². The molecule has 2 amide bonds. The summed E-state index contributed by atoms with van der Waals surface area (Å²) < 4.78 is 0. The summed E-state index contributed by atoms with van der Waals surface area (Å²) in [5.74, 6) is -0.159. The van der Waals surface area contributed by atoms with Gasteiger partial charge in [0.25, 0.3) is 5.91 Å². The molecule has 0 aliphatic carbocycles. The van der Waals surface area contributed by atoms with Gasteiger partial charge in [-0.3, -0.25) is 9.59 Å². The number of carbonyl (C=O) groups excluding carboxylic acids is 2. The third kappa shape index (κ3) is 5.66. The van der Waals surface area contributed by atoms with Crippen molar-refractivity contribution in [2.75, 3.05) is 11.4 Å². The van der Waals surface area contributed by atoms with Gasteiger partial charge in [0.15, 0.2) is 0 Å². The minimum atomic E-state index is -0.0808. The van der Waals surface area contributed by atoms with Crippen LogP contribution in [0, 0.1) is 0 Å². The van der Waals surface area contributed by atoms with Gasteiger partial charge in [0.05, 0.1) is 13.0 Å². The molecule has 4 heteroatoms. The van der Waals surface area contributed by atoms with E-state index in [4.69, 9.17) is 0 Å². The van der Waals surface area contributed by atoms with Gasteiger partial charge in [-0.2, -0.15) is 0 Å². The van der Waals surface area contributed by atoms with E-state index in [0.717, 1.165) is 16.8 Å². The number of amides is 2. The second-order valence-corrected chi connectivity index (χ2v) is 6.68. The molecule has 0 saturated carbocycles. The SMILES string of the molecule is C=CCNC(=O)Cc1cccc(N(Cc2ccccc2)C(=O)c2ccccc2)c1. The van der Waals surface area contributed by atoms with E-state index in [2.05, 4.69) is 11.9 Å². The number of hydrogen-bond acceptors (Lipinski definition) is 2. The summed E-state index contributed by atoms with van der Waals surface area (Å²) in [6, 6.07) is 26.7. The second kappa shape index (κ2) is 10.0. The number of nitrogens with one attached hydrogen (secondary N) is 1. The van der Waals surface area contributed by atoms with Crippen LogP contribution in [0.1, 0.15) is 21.5 Å². The molecule has 3 aromatic carbocycles. The molecule has 3 rings (SSSR count). The predicted molar refractivity (Wildman–Crippen MR) is 117 cm³/mol. The van der Waals surface area contributed by atoms with Crippen molar-refractivity contribution in [1.82, 2.24) is 5.32 Å². The molecule has 0 heterocycles. The quantitative estimate of drug-likeness (QED) is 0.586. The zero-order valence-corrected chi connectivity index (χ0v) is 16.3. The molecule has 0 aliphatic rings. The van der Waals surface area contributed by atoms with Crippen LogP contribution in [0.3, 0.4) is 0 Å². The van der Waals surface area contributed by atoms with Crippen molar-refractivity contribution in [2.24, 2.45) is 0 Å². The van der Waals surface area contributed by atoms with Crippen LogP contribution in [0.25, 0.3) is 0 Å². The first-order valence-corrected chi connectivity index (χ1v) is 9.55. The summed E-state index contributed by atoms with van der Waals surface area (Å²) in [5, 5.41) is 2.78. The van der Waals surface area contributed by atoms with Crippen molar-refractivity contribution >= 4 is 17.5 Å². The van der Waals surface area contributed by atoms with Crippen LogP contribution in [-0.2, 0) is 17.8 Å². The van der Waals surface area contributed by atoms with Gasteiger partial charge < -0.3 is 10.2 Å². The number of carbonyl (C=O) groups is 2. The highest BCUT2D eigenvalue weighted by molar-refractivity contribution is 6.06. The lowest BCUT2D eigenvalue weighted by atomic mass is 10.1. The Bertz CT molecular complexity index is 968. The predicted octanol–water partition coefficient (Wildman–Crippen LogP) is 4.38. The largest absolute Gasteiger partial charge is 0.352 e. The van der Waals surface area contributed by atoms with Gasteiger partial charge in [-0.25, -0.2) is 0 Å². The van der Waals surface area contributed by atoms with Crippen molar-refractivity contribution in [1.29, 1.82) is 0 Å². The molecule has 0 radical (unpaired) electrons. The summed E-state index contributed by atoms with van der Waals surface area (Å²) >= 11 is 0. The van der Waals surface area contributed by atoms with Gasteiger partial charge in [0.2, 0.25) is 5.91 Å². The normalized spacial score (nSPS) is 10.2. The van der Waals surface area contributed by atoms with Gasteiger partial charge in [-0.05, 0) is 35.4 Å². The number of anilines is 1. The van der Waals surface area contributed by atoms with Crippen LogP contribution in [0.2, 0.25) is 0 Å². The smallest absolute Gasteiger partial charge is 0.258 e. The molecule has 0 aromatic heterocycles. The second-order valence-electron chi connectivity index (χ2n) is 6.68. The summed E-state index contributed by atoms with van der Waals surface area (Å²) in [4.78, 5) is 27.1. The Morgan fingerprint density at radius 3 is 2.21 bits per heavy atom. The zero-order valence-electron chi connectivity index (χ0n) is 16.3. The van der Waals surface area contributed by atoms with Gasteiger partial charge in [0, 0.05) is 17.8 Å². The van der Waals surface area contributed by atoms with E-state index in [1.807, 2.05) is 84.9 Å². The highest BCUT2D eigenvalue weighted by Gasteiger charge is 2.18. The average Bonchev–Trinajstić information content (AvgIpc) is 2.77. The minimum Gasteiger partial charge on any atom is -0.352 e. The van der Waals surface area contributed by atoms with E-state index in [-0.39, 0.29) is 18.2 Å². The van der Waals surface area contributed by atoms with Crippen molar-refractivity contribution in [3.63, 3.8) is 0 Å². The van der Waals surface area contributed by atoms with Crippen LogP contribution in [0.5, 0.6) is 0 Å². The lowest BCUT2D eigenvalue weighted by molar-refractivity contribution is -0.120. The Hall–Kier alpha value is -3.66. The van der Waals surface area contributed by atoms with E-state index in [0.29, 0.717) is 18.7 Å². The molecule has 3 aromatic rings. The van der Waals surface area contributed by atoms with Crippen molar-refractivity contribution < 1.29 is 9.59 Å². The molecule has 0 unspecified atom stereocenters. The van der Waals surface area contributed by atoms with Gasteiger partial charge in [-0.1, -0.05) is 66.7 Å². The Morgan fingerprint density at radius 1 is 0.862 bits per heavy atom. The summed E-state index contributed by atoms with van der Waals surface area (Å²) in [5.41, 5.74) is 3.27. The Kier molecular flexibility index (Phi) is 6.95. The fraction of sp³-hybridized carbons (Fsp3) is 0.120. The van der Waals surface area contributed by atoms with Gasteiger partial charge in [0.1, 0.15) is 0 Å². The van der Waals surface area contributed by atoms with E-state index in [1.165, 1.54) is 0 Å². The van der Waals surface area contributed by atoms with Crippen molar-refractivity contribution in [3.05, 3.63) is 114 Å². The van der Waals surface area contributed by atoms with Crippen molar-refractivity contribution in [3.8, 4) is 0 Å². The molecule has 0 atom stereocenters. The molecule has 0 fully saturated rings. The maximum absolute atomic E-state index is 13.3. The Balaban J connectivity index is 1.89. The fourth-order valence-corrected chi connectivity index (χ4v) is 3.05. The van der Waals surface area contributed by atoms with E-state index < -0.39 is 0 Å². The third-order valence-corrected chi connectivity index (χ3v) is 4.48. The number of benzene rings is 3. The first kappa shape index (κ1) is 20.1. The molecule has 4 nitrogen and oxygen atoms in total. The highest BCUT2D eigenvalue weighted by atomic mass is 16.2. The number of nitrogens with zero attached hydrogens (tertiary/aromatic N) is 1. The third-order valence-electron chi connectivity index (χ3n) is 4.48. The average molecular weight is 384 g/mol. The molecule has 1 N–H and O–H groups in total. The molecular formula is C25H24N2O2. The maximum atomic E-state index is 13.3. The Morgan fingerprint density at radius 2 is 1.52 bits per heavy atom. The molecule has 29 heavy (non-hydrogen) atoms. The minimum absolute atomic E-state index is 0.0777. The highest BCUT2D eigenvalue weighted by Crippen LogP contribution is 2.22. The van der Waals surface area contributed by atoms with Crippen LogP contribution >= 0.6 is 0 Å². The molecule has 0 spiro atoms. The topological polar surface area (TPSA) is 49.4 Å². The number of hydrogen-bond donors (Lipinski definition) is 1. The van der Waals surface area contributed by atoms with Crippen molar-refractivity contribution in [2.45, 2.75) is 13.0 Å². The van der Waals surface area contributed by atoms with Gasteiger partial charge >= 0.3 is 0 Å². The molecular weight excluding hydrogens is 360 g/mol. The molecule has 146 valence electrons. The summed E-state index contributed by atoms with van der Waals surface area (Å²) in [6.07, 6.45) is 1.90. The number of rotatable bonds is 8. The molecule has 0 aliphatic heterocycles. The zero-order chi connectivity index (χ0) is 20.5. The maximum Gasteiger partial charge on any atom is 0.258 e. The van der Waals surface area contributed by atoms with Crippen LogP contribution < -0.4 is 10.2 Å². The summed E-state index contributed by atoms with van der Waals surface area (Å²) in [6.45, 7) is 4.49. The van der Waals surface area contributed by atoms with Crippen LogP contribution in [-0.4, -0.2) is 18.4 Å². The van der Waals surface area contributed by atoms with Gasteiger partial charge in [-0.15, -0.1) is 6.58 Å². The molecule has 0 saturated heterocycles.